The third-order valence-electron chi connectivity index (χ3n) is 5.03. The van der Waals surface area contributed by atoms with Crippen molar-refractivity contribution in [3.63, 3.8) is 0 Å². The minimum Gasteiger partial charge on any atom is -0.467 e. The summed E-state index contributed by atoms with van der Waals surface area (Å²) >= 11 is 0. The summed E-state index contributed by atoms with van der Waals surface area (Å²) in [6.07, 6.45) is 4.53. The van der Waals surface area contributed by atoms with E-state index in [4.69, 9.17) is 18.6 Å². The predicted octanol–water partition coefficient (Wildman–Crippen LogP) is 5.14. The molecule has 0 amide bonds. The summed E-state index contributed by atoms with van der Waals surface area (Å²) in [6, 6.07) is 12.8. The molecule has 3 rings (SSSR count). The van der Waals surface area contributed by atoms with Gasteiger partial charge in [-0.15, -0.1) is 0 Å². The van der Waals surface area contributed by atoms with Crippen molar-refractivity contribution in [2.24, 2.45) is 5.92 Å². The van der Waals surface area contributed by atoms with E-state index in [-0.39, 0.29) is 30.4 Å². The van der Waals surface area contributed by atoms with Crippen molar-refractivity contribution < 1.29 is 23.4 Å². The second kappa shape index (κ2) is 9.72. The van der Waals surface area contributed by atoms with Crippen molar-refractivity contribution >= 4 is 5.97 Å². The van der Waals surface area contributed by atoms with E-state index in [0.29, 0.717) is 12.2 Å². The third kappa shape index (κ3) is 5.21. The van der Waals surface area contributed by atoms with Crippen LogP contribution in [0.5, 0.6) is 0 Å². The van der Waals surface area contributed by atoms with Crippen LogP contribution in [0.2, 0.25) is 0 Å². The maximum absolute atomic E-state index is 12.5. The maximum Gasteiger partial charge on any atom is 0.338 e. The molecule has 27 heavy (non-hydrogen) atoms. The Kier molecular flexibility index (Phi) is 7.07. The van der Waals surface area contributed by atoms with Crippen LogP contribution < -0.4 is 0 Å². The number of hydrogen-bond acceptors (Lipinski definition) is 5. The number of esters is 1. The molecule has 1 aliphatic heterocycles. The highest BCUT2D eigenvalue weighted by atomic mass is 16.7. The first-order chi connectivity index (χ1) is 13.2. The van der Waals surface area contributed by atoms with E-state index in [1.165, 1.54) is 0 Å². The first-order valence-electron chi connectivity index (χ1n) is 9.75. The molecular formula is C22H28O5. The van der Waals surface area contributed by atoms with Gasteiger partial charge in [0.2, 0.25) is 0 Å². The van der Waals surface area contributed by atoms with E-state index in [1.807, 2.05) is 37.3 Å². The molecule has 0 bridgehead atoms. The zero-order valence-corrected chi connectivity index (χ0v) is 16.0. The number of furan rings is 1. The number of ether oxygens (including phenoxy) is 3. The molecule has 5 heteroatoms. The molecule has 0 saturated carbocycles. The Balaban J connectivity index is 1.72. The van der Waals surface area contributed by atoms with Gasteiger partial charge in [-0.1, -0.05) is 25.1 Å². The van der Waals surface area contributed by atoms with E-state index >= 15 is 0 Å². The van der Waals surface area contributed by atoms with Crippen LogP contribution in [0.4, 0.5) is 0 Å². The van der Waals surface area contributed by atoms with E-state index in [0.717, 1.165) is 31.4 Å². The van der Waals surface area contributed by atoms with E-state index in [1.54, 1.807) is 18.4 Å². The van der Waals surface area contributed by atoms with Gasteiger partial charge in [0, 0.05) is 12.5 Å². The molecule has 2 heterocycles. The number of carbonyl (C=O) groups is 1. The molecule has 1 aromatic carbocycles. The molecule has 4 atom stereocenters. The lowest BCUT2D eigenvalue weighted by Gasteiger charge is -2.33. The number of carbonyl (C=O) groups excluding carboxylic acids is 1. The molecule has 1 aromatic heterocycles. The van der Waals surface area contributed by atoms with Crippen molar-refractivity contribution in [1.82, 2.24) is 0 Å². The van der Waals surface area contributed by atoms with Crippen LogP contribution in [0.15, 0.2) is 53.1 Å². The molecule has 0 radical (unpaired) electrons. The average molecular weight is 372 g/mol. The monoisotopic (exact) mass is 372 g/mol. The smallest absolute Gasteiger partial charge is 0.338 e. The fourth-order valence-electron chi connectivity index (χ4n) is 3.50. The average Bonchev–Trinajstić information content (AvgIpc) is 3.24. The Morgan fingerprint density at radius 2 is 2.00 bits per heavy atom. The lowest BCUT2D eigenvalue weighted by molar-refractivity contribution is -0.211. The van der Waals surface area contributed by atoms with Crippen LogP contribution in [0.25, 0.3) is 0 Å². The second-order valence-electron chi connectivity index (χ2n) is 6.92. The second-order valence-corrected chi connectivity index (χ2v) is 6.92. The van der Waals surface area contributed by atoms with Crippen molar-refractivity contribution in [3.05, 3.63) is 60.1 Å². The fourth-order valence-corrected chi connectivity index (χ4v) is 3.50. The largest absolute Gasteiger partial charge is 0.467 e. The molecule has 0 N–H and O–H groups in total. The number of hydrogen-bond donors (Lipinski definition) is 0. The van der Waals surface area contributed by atoms with E-state index in [9.17, 15) is 4.79 Å². The maximum atomic E-state index is 12.5. The highest BCUT2D eigenvalue weighted by Gasteiger charge is 2.34. The highest BCUT2D eigenvalue weighted by Crippen LogP contribution is 2.35. The molecule has 1 unspecified atom stereocenters. The molecular weight excluding hydrogens is 344 g/mol. The van der Waals surface area contributed by atoms with E-state index < -0.39 is 0 Å². The molecule has 1 aliphatic rings. The third-order valence-corrected chi connectivity index (χ3v) is 5.03. The van der Waals surface area contributed by atoms with Gasteiger partial charge in [0.25, 0.3) is 0 Å². The fraction of sp³-hybridized carbons (Fsp3) is 0.500. The van der Waals surface area contributed by atoms with Crippen LogP contribution in [0.3, 0.4) is 0 Å². The van der Waals surface area contributed by atoms with Crippen molar-refractivity contribution in [3.8, 4) is 0 Å². The van der Waals surface area contributed by atoms with Crippen molar-refractivity contribution in [1.29, 1.82) is 0 Å². The van der Waals surface area contributed by atoms with Gasteiger partial charge >= 0.3 is 5.97 Å². The van der Waals surface area contributed by atoms with Crippen LogP contribution in [0.1, 0.15) is 61.8 Å². The quantitative estimate of drug-likeness (QED) is 0.601. The summed E-state index contributed by atoms with van der Waals surface area (Å²) in [5.74, 6) is 0.363. The van der Waals surface area contributed by atoms with Gasteiger partial charge in [0.1, 0.15) is 18.0 Å². The van der Waals surface area contributed by atoms with Gasteiger partial charge in [0.05, 0.1) is 11.8 Å². The minimum absolute atomic E-state index is 0.0469. The first kappa shape index (κ1) is 19.6. The van der Waals surface area contributed by atoms with Gasteiger partial charge < -0.3 is 18.6 Å². The Hall–Kier alpha value is -2.11. The van der Waals surface area contributed by atoms with Gasteiger partial charge in [0.15, 0.2) is 6.29 Å². The van der Waals surface area contributed by atoms with Crippen LogP contribution in [0, 0.1) is 5.92 Å². The zero-order valence-electron chi connectivity index (χ0n) is 16.0. The van der Waals surface area contributed by atoms with Crippen LogP contribution in [-0.4, -0.2) is 25.0 Å². The van der Waals surface area contributed by atoms with Crippen LogP contribution >= 0.6 is 0 Å². The lowest BCUT2D eigenvalue weighted by atomic mass is 9.92. The molecule has 5 nitrogen and oxygen atoms in total. The van der Waals surface area contributed by atoms with Gasteiger partial charge in [-0.05, 0) is 56.9 Å². The Morgan fingerprint density at radius 3 is 2.63 bits per heavy atom. The Morgan fingerprint density at radius 1 is 1.19 bits per heavy atom. The molecule has 2 aromatic rings. The normalized spacial score (nSPS) is 20.6. The van der Waals surface area contributed by atoms with Crippen molar-refractivity contribution in [2.75, 3.05) is 6.61 Å². The number of rotatable bonds is 8. The minimum atomic E-state index is -0.332. The van der Waals surface area contributed by atoms with Crippen LogP contribution in [-0.2, 0) is 14.2 Å². The molecule has 1 saturated heterocycles. The van der Waals surface area contributed by atoms with E-state index in [2.05, 4.69) is 6.92 Å². The molecule has 1 fully saturated rings. The summed E-state index contributed by atoms with van der Waals surface area (Å²) < 4.78 is 23.4. The SMILES string of the molecule is CC[C@@H]([C@H](C)OC(=O)c1ccccc1)[C@@H](OC1CCCCO1)c1ccco1. The molecule has 146 valence electrons. The van der Waals surface area contributed by atoms with Gasteiger partial charge in [-0.3, -0.25) is 0 Å². The van der Waals surface area contributed by atoms with Gasteiger partial charge in [-0.25, -0.2) is 4.79 Å². The molecule has 0 aliphatic carbocycles. The summed E-state index contributed by atoms with van der Waals surface area (Å²) in [6.45, 7) is 4.69. The van der Waals surface area contributed by atoms with Gasteiger partial charge in [-0.2, -0.15) is 0 Å². The standard InChI is InChI=1S/C22H28O5/c1-3-18(16(2)26-22(23)17-10-5-4-6-11-17)21(19-12-9-15-24-19)27-20-13-7-8-14-25-20/h4-6,9-12,15-16,18,20-21H,3,7-8,13-14H2,1-2H3/t16-,18-,20?,21+/m0/s1. The summed E-state index contributed by atoms with van der Waals surface area (Å²) in [7, 11) is 0. The zero-order chi connectivity index (χ0) is 19.1. The topological polar surface area (TPSA) is 57.9 Å². The Labute approximate surface area is 160 Å². The van der Waals surface area contributed by atoms with Crippen molar-refractivity contribution in [2.45, 2.75) is 58.0 Å². The summed E-state index contributed by atoms with van der Waals surface area (Å²) in [5, 5.41) is 0. The summed E-state index contributed by atoms with van der Waals surface area (Å²) in [4.78, 5) is 12.5. The summed E-state index contributed by atoms with van der Waals surface area (Å²) in [5.41, 5.74) is 0.547. The first-order valence-corrected chi connectivity index (χ1v) is 9.75. The Bertz CT molecular complexity index is 676. The lowest BCUT2D eigenvalue weighted by Crippen LogP contribution is -2.33. The predicted molar refractivity (Wildman–Crippen MR) is 101 cm³/mol. The molecule has 0 spiro atoms. The highest BCUT2D eigenvalue weighted by molar-refractivity contribution is 5.89. The number of benzene rings is 1.